The van der Waals surface area contributed by atoms with Gasteiger partial charge in [-0.25, -0.2) is 0 Å². The van der Waals surface area contributed by atoms with Crippen LogP contribution in [0.25, 0.3) is 0 Å². The molecule has 0 radical (unpaired) electrons. The van der Waals surface area contributed by atoms with Crippen molar-refractivity contribution in [2.75, 3.05) is 0 Å². The number of hydrogen-bond acceptors (Lipinski definition) is 5. The zero-order valence-corrected chi connectivity index (χ0v) is 25.0. The molecule has 6 heteroatoms. The third kappa shape index (κ3) is 6.52. The molecule has 1 unspecified atom stereocenters. The highest BCUT2D eigenvalue weighted by Gasteiger charge is 2.42. The first-order valence-corrected chi connectivity index (χ1v) is 16.5. The Morgan fingerprint density at radius 2 is 1.30 bits per heavy atom. The van der Waals surface area contributed by atoms with Gasteiger partial charge in [0.1, 0.15) is 24.7 Å². The fourth-order valence-electron chi connectivity index (χ4n) is 4.33. The average molecular weight is 555 g/mol. The fraction of sp³-hybridized carbons (Fsp3) is 0.294. The Morgan fingerprint density at radius 3 is 1.77 bits per heavy atom. The van der Waals surface area contributed by atoms with E-state index < -0.39 is 14.4 Å². The van der Waals surface area contributed by atoms with Crippen molar-refractivity contribution >= 4 is 19.9 Å². The summed E-state index contributed by atoms with van der Waals surface area (Å²) in [4.78, 5) is 28.0. The highest BCUT2D eigenvalue weighted by atomic mass is 28.4. The minimum Gasteiger partial charge on any atom is -0.488 e. The lowest BCUT2D eigenvalue weighted by Gasteiger charge is -2.40. The van der Waals surface area contributed by atoms with Crippen molar-refractivity contribution in [3.63, 3.8) is 0 Å². The maximum absolute atomic E-state index is 14.2. The Balaban J connectivity index is 1.74. The molecule has 3 aromatic carbocycles. The number of ketones is 2. The minimum atomic E-state index is -2.27. The van der Waals surface area contributed by atoms with Crippen molar-refractivity contribution in [1.82, 2.24) is 0 Å². The number of fused-ring (bicyclic) bond motifs is 1. The molecular formula is C34H38O5Si. The number of rotatable bonds is 11. The van der Waals surface area contributed by atoms with Gasteiger partial charge < -0.3 is 13.9 Å². The summed E-state index contributed by atoms with van der Waals surface area (Å²) in [5.41, 5.74) is 2.68. The molecule has 0 spiro atoms. The quantitative estimate of drug-likeness (QED) is 0.177. The molecule has 0 saturated carbocycles. The molecule has 0 saturated heterocycles. The molecule has 0 heterocycles. The number of hydrogen-bond donors (Lipinski definition) is 0. The van der Waals surface area contributed by atoms with E-state index in [1.807, 2.05) is 60.7 Å². The second-order valence-electron chi connectivity index (χ2n) is 11.5. The van der Waals surface area contributed by atoms with Crippen LogP contribution in [0, 0.1) is 0 Å². The van der Waals surface area contributed by atoms with Gasteiger partial charge in [0.05, 0.1) is 17.2 Å². The van der Waals surface area contributed by atoms with Crippen molar-refractivity contribution in [2.45, 2.75) is 64.6 Å². The van der Waals surface area contributed by atoms with Crippen LogP contribution in [-0.4, -0.2) is 26.0 Å². The first-order valence-electron chi connectivity index (χ1n) is 13.6. The van der Waals surface area contributed by atoms with Crippen molar-refractivity contribution in [2.24, 2.45) is 0 Å². The summed E-state index contributed by atoms with van der Waals surface area (Å²) in [6, 6.07) is 22.8. The van der Waals surface area contributed by atoms with Crippen LogP contribution < -0.4 is 9.47 Å². The molecule has 208 valence electrons. The normalized spacial score (nSPS) is 14.3. The van der Waals surface area contributed by atoms with Gasteiger partial charge in [0.2, 0.25) is 0 Å². The minimum absolute atomic E-state index is 0.0744. The van der Waals surface area contributed by atoms with E-state index in [9.17, 15) is 9.59 Å². The lowest BCUT2D eigenvalue weighted by Crippen LogP contribution is -2.45. The van der Waals surface area contributed by atoms with Crippen LogP contribution in [0.2, 0.25) is 18.1 Å². The first-order chi connectivity index (χ1) is 19.0. The summed E-state index contributed by atoms with van der Waals surface area (Å²) < 4.78 is 18.9. The number of carbonyl (C=O) groups excluding carboxylic acids is 2. The van der Waals surface area contributed by atoms with Crippen LogP contribution in [0.4, 0.5) is 0 Å². The highest BCUT2D eigenvalue weighted by Crippen LogP contribution is 2.42. The summed E-state index contributed by atoms with van der Waals surface area (Å²) in [5.74, 6) is 0.115. The van der Waals surface area contributed by atoms with Gasteiger partial charge in [0.15, 0.2) is 19.9 Å². The van der Waals surface area contributed by atoms with Crippen LogP contribution >= 0.6 is 0 Å². The van der Waals surface area contributed by atoms with Crippen LogP contribution in [0.1, 0.15) is 59.0 Å². The number of benzene rings is 3. The molecule has 4 rings (SSSR count). The Labute approximate surface area is 238 Å². The number of carbonyl (C=O) groups is 2. The molecule has 5 nitrogen and oxygen atoms in total. The molecule has 0 amide bonds. The fourth-order valence-corrected chi connectivity index (χ4v) is 5.62. The number of ether oxygens (including phenoxy) is 2. The van der Waals surface area contributed by atoms with Gasteiger partial charge >= 0.3 is 0 Å². The lowest BCUT2D eigenvalue weighted by atomic mass is 9.85. The van der Waals surface area contributed by atoms with E-state index in [1.165, 1.54) is 6.08 Å². The molecule has 3 aromatic rings. The van der Waals surface area contributed by atoms with E-state index in [0.29, 0.717) is 23.5 Å². The molecule has 1 aliphatic carbocycles. The summed E-state index contributed by atoms with van der Waals surface area (Å²) in [5, 5.41) is -0.0744. The zero-order chi connectivity index (χ0) is 28.9. The third-order valence-corrected chi connectivity index (χ3v) is 12.1. The predicted octanol–water partition coefficient (Wildman–Crippen LogP) is 8.12. The average Bonchev–Trinajstić information content (AvgIpc) is 2.92. The van der Waals surface area contributed by atoms with E-state index in [2.05, 4.69) is 40.4 Å². The monoisotopic (exact) mass is 554 g/mol. The molecular weight excluding hydrogens is 516 g/mol. The Bertz CT molecular complexity index is 1400. The van der Waals surface area contributed by atoms with Crippen LogP contribution in [-0.2, 0) is 17.6 Å². The van der Waals surface area contributed by atoms with Gasteiger partial charge in [-0.1, -0.05) is 87.5 Å². The molecule has 0 aliphatic heterocycles. The van der Waals surface area contributed by atoms with E-state index >= 15 is 0 Å². The lowest BCUT2D eigenvalue weighted by molar-refractivity contribution is 0.0944. The summed E-state index contributed by atoms with van der Waals surface area (Å²) in [6.45, 7) is 15.1. The molecule has 1 aliphatic rings. The highest BCUT2D eigenvalue weighted by molar-refractivity contribution is 6.74. The van der Waals surface area contributed by atoms with Crippen LogP contribution in [0.15, 0.2) is 97.1 Å². The Morgan fingerprint density at radius 1 is 0.800 bits per heavy atom. The first kappa shape index (κ1) is 29.2. The number of Topliss-reactive ketones (excluding diaryl/α,β-unsaturated/α-hetero) is 1. The molecule has 40 heavy (non-hydrogen) atoms. The summed E-state index contributed by atoms with van der Waals surface area (Å²) in [7, 11) is -2.27. The Hall–Kier alpha value is -3.74. The smallest absolute Gasteiger partial charge is 0.196 e. The SMILES string of the molecule is C=CCC(O[Si](C)(C)C(C)(C)C)C1=CC(=O)c2c(OCc3ccccc3)ccc(OCc3ccccc3)c2C1=O. The molecule has 0 aromatic heterocycles. The maximum Gasteiger partial charge on any atom is 0.196 e. The number of allylic oxidation sites excluding steroid dienone is 1. The van der Waals surface area contributed by atoms with Crippen LogP contribution in [0.5, 0.6) is 11.5 Å². The largest absolute Gasteiger partial charge is 0.488 e. The van der Waals surface area contributed by atoms with Gasteiger partial charge in [-0.3, -0.25) is 9.59 Å². The van der Waals surface area contributed by atoms with Gasteiger partial charge in [0, 0.05) is 5.57 Å². The van der Waals surface area contributed by atoms with Crippen molar-refractivity contribution in [1.29, 1.82) is 0 Å². The Kier molecular flexibility index (Phi) is 8.91. The van der Waals surface area contributed by atoms with Crippen LogP contribution in [0.3, 0.4) is 0 Å². The third-order valence-electron chi connectivity index (χ3n) is 7.60. The summed E-state index contributed by atoms with van der Waals surface area (Å²) >= 11 is 0. The van der Waals surface area contributed by atoms with E-state index in [4.69, 9.17) is 13.9 Å². The maximum atomic E-state index is 14.2. The van der Waals surface area contributed by atoms with Crippen molar-refractivity contribution < 1.29 is 23.5 Å². The molecule has 0 bridgehead atoms. The second-order valence-corrected chi connectivity index (χ2v) is 16.3. The second kappa shape index (κ2) is 12.2. The van der Waals surface area contributed by atoms with Gasteiger partial charge in [-0.2, -0.15) is 0 Å². The zero-order valence-electron chi connectivity index (χ0n) is 24.0. The molecule has 0 fully saturated rings. The molecule has 1 atom stereocenters. The van der Waals surface area contributed by atoms with Crippen molar-refractivity contribution in [3.05, 3.63) is 119 Å². The van der Waals surface area contributed by atoms with E-state index in [-0.39, 0.29) is 40.9 Å². The van der Waals surface area contributed by atoms with E-state index in [1.54, 1.807) is 18.2 Å². The van der Waals surface area contributed by atoms with Gasteiger partial charge in [0.25, 0.3) is 0 Å². The topological polar surface area (TPSA) is 61.8 Å². The van der Waals surface area contributed by atoms with Gasteiger partial charge in [-0.05, 0) is 53.9 Å². The summed E-state index contributed by atoms with van der Waals surface area (Å²) in [6.07, 6.45) is 2.98. The standard InChI is InChI=1S/C34H38O5Si/c1-7-14-28(39-40(5,6)34(2,3)4)26-21-27(35)31-29(37-22-24-15-10-8-11-16-24)19-20-30(32(31)33(26)36)38-23-25-17-12-9-13-18-25/h7-13,15-21,28H,1,14,22-23H2,2-6H3. The van der Waals surface area contributed by atoms with E-state index in [0.717, 1.165) is 11.1 Å². The van der Waals surface area contributed by atoms with Crippen molar-refractivity contribution in [3.8, 4) is 11.5 Å². The molecule has 0 N–H and O–H groups in total. The predicted molar refractivity (Wildman–Crippen MR) is 162 cm³/mol. The van der Waals surface area contributed by atoms with Gasteiger partial charge in [-0.15, -0.1) is 6.58 Å².